The van der Waals surface area contributed by atoms with E-state index in [0.29, 0.717) is 5.92 Å². The van der Waals surface area contributed by atoms with E-state index >= 15 is 0 Å². The molecule has 4 aromatic rings. The summed E-state index contributed by atoms with van der Waals surface area (Å²) in [5, 5.41) is 17.2. The molecule has 9 heteroatoms. The molecule has 3 saturated heterocycles. The number of nitrogens with zero attached hydrogens (tertiary/aromatic N) is 7. The second kappa shape index (κ2) is 22.1. The van der Waals surface area contributed by atoms with E-state index in [4.69, 9.17) is 9.47 Å². The highest BCUT2D eigenvalue weighted by Gasteiger charge is 2.17. The van der Waals surface area contributed by atoms with Crippen molar-refractivity contribution >= 4 is 5.69 Å². The van der Waals surface area contributed by atoms with Crippen LogP contribution < -0.4 is 4.90 Å². The lowest BCUT2D eigenvalue weighted by atomic mass is 10.1. The van der Waals surface area contributed by atoms with Crippen LogP contribution in [-0.2, 0) is 22.6 Å². The van der Waals surface area contributed by atoms with Crippen molar-refractivity contribution in [2.75, 3.05) is 31.2 Å². The molecule has 1 aliphatic carbocycles. The molecule has 4 aliphatic rings. The Labute approximate surface area is 318 Å². The molecule has 2 atom stereocenters. The van der Waals surface area contributed by atoms with Crippen LogP contribution in [0.25, 0.3) is 22.5 Å². The Morgan fingerprint density at radius 2 is 1.11 bits per heavy atom. The highest BCUT2D eigenvalue weighted by molar-refractivity contribution is 5.62. The highest BCUT2D eigenvalue weighted by Crippen LogP contribution is 2.26. The first-order valence-corrected chi connectivity index (χ1v) is 20.3. The van der Waals surface area contributed by atoms with Gasteiger partial charge in [0.1, 0.15) is 11.4 Å². The van der Waals surface area contributed by atoms with Gasteiger partial charge in [-0.05, 0) is 94.9 Å². The normalized spacial score (nSPS) is 20.0. The lowest BCUT2D eigenvalue weighted by Gasteiger charge is -2.28. The van der Waals surface area contributed by atoms with Gasteiger partial charge in [-0.1, -0.05) is 73.2 Å². The topological polar surface area (TPSA) is 83.1 Å². The van der Waals surface area contributed by atoms with E-state index in [9.17, 15) is 0 Å². The van der Waals surface area contributed by atoms with E-state index in [2.05, 4.69) is 99.1 Å². The Balaban J connectivity index is 0.000000187. The van der Waals surface area contributed by atoms with E-state index in [1.165, 1.54) is 89.4 Å². The van der Waals surface area contributed by atoms with E-state index in [0.717, 1.165) is 67.2 Å². The largest absolute Gasteiger partial charge is 0.376 e. The first-order chi connectivity index (χ1) is 26.2. The van der Waals surface area contributed by atoms with Crippen molar-refractivity contribution in [2.24, 2.45) is 5.92 Å². The van der Waals surface area contributed by atoms with Crippen molar-refractivity contribution in [3.05, 3.63) is 79.6 Å². The maximum absolute atomic E-state index is 5.79. The van der Waals surface area contributed by atoms with Crippen LogP contribution >= 0.6 is 0 Å². The highest BCUT2D eigenvalue weighted by atomic mass is 16.5. The number of piperidine rings is 1. The third-order valence-corrected chi connectivity index (χ3v) is 10.2. The molecule has 1 saturated carbocycles. The van der Waals surface area contributed by atoms with Crippen LogP contribution in [-0.4, -0.2) is 68.5 Å². The third kappa shape index (κ3) is 12.4. The summed E-state index contributed by atoms with van der Waals surface area (Å²) < 4.78 is 15.4. The number of rotatable bonds is 7. The van der Waals surface area contributed by atoms with Crippen LogP contribution in [0.1, 0.15) is 103 Å². The fraction of sp³-hybridized carbons (Fsp3) is 0.545. The molecule has 53 heavy (non-hydrogen) atoms. The summed E-state index contributed by atoms with van der Waals surface area (Å²) in [4.78, 5) is 2.48. The van der Waals surface area contributed by atoms with Gasteiger partial charge in [-0.25, -0.2) is 9.36 Å². The van der Waals surface area contributed by atoms with Crippen LogP contribution in [0.2, 0.25) is 0 Å². The summed E-state index contributed by atoms with van der Waals surface area (Å²) in [5.74, 6) is 7.33. The molecule has 9 nitrogen and oxygen atoms in total. The van der Waals surface area contributed by atoms with Gasteiger partial charge in [-0.3, -0.25) is 0 Å². The Morgan fingerprint density at radius 1 is 0.623 bits per heavy atom. The Kier molecular flexibility index (Phi) is 16.6. The fourth-order valence-electron chi connectivity index (χ4n) is 7.33. The van der Waals surface area contributed by atoms with Crippen molar-refractivity contribution in [3.8, 4) is 34.4 Å². The SMILES string of the molecule is C(#CC1CCCC1)c1ccc(-c2cn(C[C@H]3CCCCO3)nn2)cc1.C=C.CC.c1cc(N2CCCCC2)ccc1-c1cn(C[C@H]2CCCCO2)nn1. The average Bonchev–Trinajstić information content (AvgIpc) is 4.04. The average molecular weight is 720 g/mol. The van der Waals surface area contributed by atoms with Crippen molar-refractivity contribution in [1.29, 1.82) is 0 Å². The molecular weight excluding hydrogens is 659 g/mol. The predicted octanol–water partition coefficient (Wildman–Crippen LogP) is 9.39. The number of benzene rings is 2. The maximum atomic E-state index is 5.79. The van der Waals surface area contributed by atoms with Crippen molar-refractivity contribution in [1.82, 2.24) is 30.0 Å². The Hall–Kier alpha value is -4.26. The number of aromatic nitrogens is 6. The van der Waals surface area contributed by atoms with E-state index < -0.39 is 0 Å². The van der Waals surface area contributed by atoms with Crippen LogP contribution in [0.15, 0.2) is 74.1 Å². The predicted molar refractivity (Wildman–Crippen MR) is 216 cm³/mol. The third-order valence-electron chi connectivity index (χ3n) is 10.2. The van der Waals surface area contributed by atoms with Gasteiger partial charge in [0.25, 0.3) is 0 Å². The molecule has 5 heterocycles. The van der Waals surface area contributed by atoms with E-state index in [1.807, 2.05) is 35.6 Å². The molecule has 0 bridgehead atoms. The second-order valence-corrected chi connectivity index (χ2v) is 14.1. The minimum atomic E-state index is 0.275. The zero-order valence-corrected chi connectivity index (χ0v) is 32.3. The zero-order chi connectivity index (χ0) is 37.1. The van der Waals surface area contributed by atoms with Crippen molar-refractivity contribution in [2.45, 2.75) is 123 Å². The first kappa shape index (κ1) is 39.9. The lowest BCUT2D eigenvalue weighted by molar-refractivity contribution is 0.00356. The molecule has 0 spiro atoms. The summed E-state index contributed by atoms with van der Waals surface area (Å²) in [6.45, 7) is 15.7. The molecule has 4 fully saturated rings. The number of hydrogen-bond donors (Lipinski definition) is 0. The summed E-state index contributed by atoms with van der Waals surface area (Å²) in [7, 11) is 0. The van der Waals surface area contributed by atoms with Gasteiger partial charge in [-0.15, -0.1) is 23.4 Å². The summed E-state index contributed by atoms with van der Waals surface area (Å²) in [6.07, 6.45) is 20.9. The summed E-state index contributed by atoms with van der Waals surface area (Å²) >= 11 is 0. The van der Waals surface area contributed by atoms with E-state index in [-0.39, 0.29) is 12.2 Å². The van der Waals surface area contributed by atoms with Gasteiger partial charge in [0.05, 0.1) is 37.7 Å². The van der Waals surface area contributed by atoms with Gasteiger partial charge in [-0.2, -0.15) is 0 Å². The molecule has 0 N–H and O–H groups in total. The number of anilines is 1. The number of hydrogen-bond acceptors (Lipinski definition) is 7. The second-order valence-electron chi connectivity index (χ2n) is 14.1. The fourth-order valence-corrected chi connectivity index (χ4v) is 7.33. The molecule has 0 unspecified atom stereocenters. The quantitative estimate of drug-likeness (QED) is 0.139. The van der Waals surface area contributed by atoms with Crippen molar-refractivity contribution < 1.29 is 9.47 Å². The molecule has 2 aromatic heterocycles. The molecule has 3 aliphatic heterocycles. The van der Waals surface area contributed by atoms with Gasteiger partial charge in [0, 0.05) is 54.6 Å². The van der Waals surface area contributed by atoms with Crippen molar-refractivity contribution in [3.63, 3.8) is 0 Å². The summed E-state index contributed by atoms with van der Waals surface area (Å²) in [6, 6.07) is 17.1. The number of ether oxygens (including phenoxy) is 2. The Bertz CT molecular complexity index is 1650. The van der Waals surface area contributed by atoms with Gasteiger partial charge in [0.15, 0.2) is 0 Å². The Morgan fingerprint density at radius 3 is 1.60 bits per heavy atom. The van der Waals surface area contributed by atoms with Crippen LogP contribution in [0.5, 0.6) is 0 Å². The standard InChI is InChI=1S/C21H25N3O.C19H26N4O.C2H6.C2H4/c1-2-6-17(5-1)8-9-18-10-12-19(13-11-18)21-16-24(23-22-21)15-20-7-3-4-14-25-20;1-3-11-22(12-4-1)17-9-7-16(8-10-17)19-15-23(21-20-19)14-18-6-2-5-13-24-18;2*1-2/h10-13,16-17,20H,1-7,14-15H2;7-10,15,18H,1-6,11-14H2;1-2H3;1-2H2/t20-;18-;;/m11../s1. The first-order valence-electron chi connectivity index (χ1n) is 20.3. The molecule has 0 amide bonds. The smallest absolute Gasteiger partial charge is 0.113 e. The monoisotopic (exact) mass is 719 g/mol. The minimum Gasteiger partial charge on any atom is -0.376 e. The minimum absolute atomic E-state index is 0.275. The molecular formula is C44H61N7O2. The van der Waals surface area contributed by atoms with Crippen LogP contribution in [0.4, 0.5) is 5.69 Å². The molecule has 0 radical (unpaired) electrons. The molecule has 2 aromatic carbocycles. The van der Waals surface area contributed by atoms with Crippen LogP contribution in [0.3, 0.4) is 0 Å². The van der Waals surface area contributed by atoms with Crippen LogP contribution in [0, 0.1) is 17.8 Å². The van der Waals surface area contributed by atoms with Gasteiger partial charge in [0.2, 0.25) is 0 Å². The van der Waals surface area contributed by atoms with E-state index in [1.54, 1.807) is 0 Å². The summed E-state index contributed by atoms with van der Waals surface area (Å²) in [5.41, 5.74) is 6.47. The maximum Gasteiger partial charge on any atom is 0.113 e. The lowest BCUT2D eigenvalue weighted by Crippen LogP contribution is -2.29. The van der Waals surface area contributed by atoms with Gasteiger partial charge < -0.3 is 14.4 Å². The molecule has 284 valence electrons. The molecule has 8 rings (SSSR count). The zero-order valence-electron chi connectivity index (χ0n) is 32.3. The van der Waals surface area contributed by atoms with Gasteiger partial charge >= 0.3 is 0 Å².